The number of benzene rings is 1. The summed E-state index contributed by atoms with van der Waals surface area (Å²) in [6.07, 6.45) is 0. The molecule has 2 atom stereocenters. The summed E-state index contributed by atoms with van der Waals surface area (Å²) in [4.78, 5) is 13.7. The Labute approximate surface area is 159 Å². The molecule has 3 rings (SSSR count). The molecule has 2 heterocycles. The summed E-state index contributed by atoms with van der Waals surface area (Å²) in [5, 5.41) is 12.7. The molecular weight excluding hydrogens is 376 g/mol. The minimum Gasteiger partial charge on any atom is -0.348 e. The topological polar surface area (TPSA) is 62.7 Å². The number of hydrogen-bond acceptors (Lipinski definition) is 4. The predicted molar refractivity (Wildman–Crippen MR) is 103 cm³/mol. The molecule has 2 N–H and O–H groups in total. The average molecular weight is 393 g/mol. The fraction of sp³-hybridized carbons (Fsp3) is 0.235. The molecule has 0 radical (unpaired) electrons. The Balaban J connectivity index is 1.80. The maximum atomic E-state index is 12.7. The number of hydrogen-bond donors (Lipinski definition) is 2. The van der Waals surface area contributed by atoms with Gasteiger partial charge in [0.1, 0.15) is 6.04 Å². The van der Waals surface area contributed by atoms with E-state index < -0.39 is 6.04 Å². The predicted octanol–water partition coefficient (Wildman–Crippen LogP) is 4.76. The molecule has 0 spiro atoms. The van der Waals surface area contributed by atoms with Crippen molar-refractivity contribution in [1.29, 1.82) is 0 Å². The third kappa shape index (κ3) is 3.84. The fourth-order valence-corrected chi connectivity index (χ4v) is 3.66. The van der Waals surface area contributed by atoms with Gasteiger partial charge in [-0.15, -0.1) is 11.3 Å². The zero-order valence-corrected chi connectivity index (χ0v) is 16.1. The molecule has 0 aliphatic carbocycles. The molecule has 25 heavy (non-hydrogen) atoms. The molecule has 130 valence electrons. The van der Waals surface area contributed by atoms with Crippen molar-refractivity contribution in [2.75, 3.05) is 0 Å². The number of H-pyrrole nitrogens is 1. The van der Waals surface area contributed by atoms with E-state index in [0.29, 0.717) is 15.6 Å². The second-order valence-corrected chi connectivity index (χ2v) is 7.43. The molecule has 0 aliphatic rings. The molecule has 0 fully saturated rings. The summed E-state index contributed by atoms with van der Waals surface area (Å²) >= 11 is 12.8. The lowest BCUT2D eigenvalue weighted by molar-refractivity contribution is -0.124. The van der Waals surface area contributed by atoms with Crippen LogP contribution in [0.4, 0.5) is 0 Å². The van der Waals surface area contributed by atoms with Gasteiger partial charge in [-0.1, -0.05) is 29.8 Å². The Morgan fingerprint density at radius 3 is 2.68 bits per heavy atom. The Hall–Kier alpha value is -1.96. The molecule has 0 bridgehead atoms. The van der Waals surface area contributed by atoms with E-state index in [0.717, 1.165) is 10.4 Å². The summed E-state index contributed by atoms with van der Waals surface area (Å²) in [6.45, 7) is 3.75. The largest absolute Gasteiger partial charge is 0.348 e. The minimum atomic E-state index is -0.488. The lowest BCUT2D eigenvalue weighted by atomic mass is 10.1. The zero-order chi connectivity index (χ0) is 18.0. The number of nitrogens with one attached hydrogen (secondary N) is 2. The number of aromatic nitrogens is 3. The molecule has 3 aromatic rings. The van der Waals surface area contributed by atoms with E-state index in [9.17, 15) is 4.79 Å². The number of aromatic amines is 1. The van der Waals surface area contributed by atoms with Gasteiger partial charge in [0.2, 0.25) is 5.91 Å². The molecule has 0 aliphatic heterocycles. The smallest absolute Gasteiger partial charge is 0.243 e. The second-order valence-electron chi connectivity index (χ2n) is 5.66. The van der Waals surface area contributed by atoms with Gasteiger partial charge in [-0.2, -0.15) is 5.10 Å². The number of thiophene rings is 1. The van der Waals surface area contributed by atoms with E-state index in [-0.39, 0.29) is 11.9 Å². The Bertz CT molecular complexity index is 915. The first-order valence-electron chi connectivity index (χ1n) is 7.74. The number of carbonyl (C=O) groups is 1. The molecule has 0 saturated heterocycles. The summed E-state index contributed by atoms with van der Waals surface area (Å²) in [7, 11) is 0. The molecular formula is C17H17ClN4OS2. The van der Waals surface area contributed by atoms with Crippen LogP contribution in [0.25, 0.3) is 10.7 Å². The monoisotopic (exact) mass is 392 g/mol. The van der Waals surface area contributed by atoms with Gasteiger partial charge in [0.25, 0.3) is 0 Å². The van der Waals surface area contributed by atoms with Crippen molar-refractivity contribution in [2.45, 2.75) is 25.9 Å². The van der Waals surface area contributed by atoms with E-state index in [2.05, 4.69) is 15.5 Å². The normalized spacial score (nSPS) is 13.4. The summed E-state index contributed by atoms with van der Waals surface area (Å²) in [6, 6.07) is 10.7. The van der Waals surface area contributed by atoms with Gasteiger partial charge in [-0.25, -0.2) is 0 Å². The SMILES string of the molecule is CC(NC(=O)C(C)n1c(-c2cccs2)n[nH]c1=S)c1ccc(Cl)cc1. The molecule has 2 unspecified atom stereocenters. The van der Waals surface area contributed by atoms with Crippen LogP contribution in [0.2, 0.25) is 5.02 Å². The van der Waals surface area contributed by atoms with Crippen LogP contribution in [0.15, 0.2) is 41.8 Å². The summed E-state index contributed by atoms with van der Waals surface area (Å²) < 4.78 is 2.16. The van der Waals surface area contributed by atoms with Crippen LogP contribution in [0.5, 0.6) is 0 Å². The first-order valence-corrected chi connectivity index (χ1v) is 9.40. The van der Waals surface area contributed by atoms with Gasteiger partial charge in [-0.3, -0.25) is 14.5 Å². The molecule has 1 aromatic carbocycles. The van der Waals surface area contributed by atoms with Crippen molar-refractivity contribution in [2.24, 2.45) is 0 Å². The average Bonchev–Trinajstić information content (AvgIpc) is 3.24. The molecule has 0 saturated carbocycles. The third-order valence-corrected chi connectivity index (χ3v) is 5.35. The quantitative estimate of drug-likeness (QED) is 0.615. The van der Waals surface area contributed by atoms with Crippen LogP contribution in [-0.2, 0) is 4.79 Å². The zero-order valence-electron chi connectivity index (χ0n) is 13.7. The highest BCUT2D eigenvalue weighted by Crippen LogP contribution is 2.26. The van der Waals surface area contributed by atoms with Crippen LogP contribution in [0.3, 0.4) is 0 Å². The van der Waals surface area contributed by atoms with Gasteiger partial charge in [0.15, 0.2) is 10.6 Å². The highest BCUT2D eigenvalue weighted by atomic mass is 35.5. The minimum absolute atomic E-state index is 0.127. The van der Waals surface area contributed by atoms with Crippen molar-refractivity contribution >= 4 is 41.1 Å². The maximum absolute atomic E-state index is 12.7. The van der Waals surface area contributed by atoms with Gasteiger partial charge in [0.05, 0.1) is 10.9 Å². The third-order valence-electron chi connectivity index (χ3n) is 3.94. The van der Waals surface area contributed by atoms with Gasteiger partial charge in [-0.05, 0) is 55.2 Å². The highest BCUT2D eigenvalue weighted by Gasteiger charge is 2.22. The Kier molecular flexibility index (Phi) is 5.36. The van der Waals surface area contributed by atoms with Crippen molar-refractivity contribution in [1.82, 2.24) is 20.1 Å². The van der Waals surface area contributed by atoms with Crippen molar-refractivity contribution in [3.8, 4) is 10.7 Å². The maximum Gasteiger partial charge on any atom is 0.243 e. The van der Waals surface area contributed by atoms with Crippen molar-refractivity contribution in [3.05, 3.63) is 57.1 Å². The molecule has 8 heteroatoms. The van der Waals surface area contributed by atoms with E-state index >= 15 is 0 Å². The number of carbonyl (C=O) groups excluding carboxylic acids is 1. The van der Waals surface area contributed by atoms with E-state index in [4.69, 9.17) is 23.8 Å². The number of halogens is 1. The van der Waals surface area contributed by atoms with Crippen molar-refractivity contribution in [3.63, 3.8) is 0 Å². The first-order chi connectivity index (χ1) is 12.0. The van der Waals surface area contributed by atoms with E-state index in [1.165, 1.54) is 0 Å². The van der Waals surface area contributed by atoms with Gasteiger partial charge >= 0.3 is 0 Å². The Morgan fingerprint density at radius 2 is 2.04 bits per heavy atom. The highest BCUT2D eigenvalue weighted by molar-refractivity contribution is 7.71. The van der Waals surface area contributed by atoms with Gasteiger partial charge < -0.3 is 5.32 Å². The standard InChI is InChI=1S/C17H17ClN4OS2/c1-10(12-5-7-13(18)8-6-12)19-16(23)11(2)22-15(20-21-17(22)24)14-4-3-9-25-14/h3-11H,1-2H3,(H,19,23)(H,21,24). The van der Waals surface area contributed by atoms with Gasteiger partial charge in [0, 0.05) is 5.02 Å². The fourth-order valence-electron chi connectivity index (χ4n) is 2.53. The van der Waals surface area contributed by atoms with Crippen LogP contribution >= 0.6 is 35.2 Å². The van der Waals surface area contributed by atoms with Crippen LogP contribution in [0, 0.1) is 4.77 Å². The first kappa shape index (κ1) is 17.8. The lowest BCUT2D eigenvalue weighted by Crippen LogP contribution is -2.33. The summed E-state index contributed by atoms with van der Waals surface area (Å²) in [5.41, 5.74) is 0.985. The molecule has 5 nitrogen and oxygen atoms in total. The van der Waals surface area contributed by atoms with Crippen molar-refractivity contribution < 1.29 is 4.79 Å². The van der Waals surface area contributed by atoms with Crippen LogP contribution in [0.1, 0.15) is 31.5 Å². The van der Waals surface area contributed by atoms with Crippen LogP contribution < -0.4 is 5.32 Å². The number of rotatable bonds is 5. The van der Waals surface area contributed by atoms with E-state index in [1.54, 1.807) is 15.9 Å². The second kappa shape index (κ2) is 7.51. The van der Waals surface area contributed by atoms with Crippen LogP contribution in [-0.4, -0.2) is 20.7 Å². The molecule has 2 aromatic heterocycles. The van der Waals surface area contributed by atoms with E-state index in [1.807, 2.05) is 55.6 Å². The lowest BCUT2D eigenvalue weighted by Gasteiger charge is -2.19. The number of amides is 1. The Morgan fingerprint density at radius 1 is 1.32 bits per heavy atom. The molecule has 1 amide bonds. The summed E-state index contributed by atoms with van der Waals surface area (Å²) in [5.74, 6) is 0.541. The number of nitrogens with zero attached hydrogens (tertiary/aromatic N) is 2.